The maximum absolute atomic E-state index is 13.4. The van der Waals surface area contributed by atoms with Gasteiger partial charge in [-0.3, -0.25) is 9.59 Å². The fourth-order valence-corrected chi connectivity index (χ4v) is 6.17. The van der Waals surface area contributed by atoms with Gasteiger partial charge in [0.1, 0.15) is 17.9 Å². The largest absolute Gasteiger partial charge is 0.480 e. The Morgan fingerprint density at radius 1 is 1.18 bits per heavy atom. The number of fused-ring (bicyclic) bond motifs is 1. The molecule has 1 aromatic carbocycles. The number of hydrogen-bond acceptors (Lipinski definition) is 5. The summed E-state index contributed by atoms with van der Waals surface area (Å²) in [6, 6.07) is 8.40. The number of aliphatic carboxylic acids is 1. The first kappa shape index (κ1) is 27.8. The van der Waals surface area contributed by atoms with Crippen LogP contribution in [0.5, 0.6) is 0 Å². The zero-order valence-corrected chi connectivity index (χ0v) is 23.5. The first-order valence-corrected chi connectivity index (χ1v) is 14.5. The lowest BCUT2D eigenvalue weighted by Gasteiger charge is -2.28. The molecule has 3 heterocycles. The molecule has 0 bridgehead atoms. The van der Waals surface area contributed by atoms with Crippen molar-refractivity contribution in [1.29, 1.82) is 0 Å². The van der Waals surface area contributed by atoms with E-state index in [4.69, 9.17) is 4.98 Å². The molecule has 3 aromatic rings. The van der Waals surface area contributed by atoms with E-state index in [-0.39, 0.29) is 17.7 Å². The number of carbonyl (C=O) groups excluding carboxylic acids is 2. The second kappa shape index (κ2) is 12.1. The minimum atomic E-state index is -0.998. The normalized spacial score (nSPS) is 16.5. The second-order valence-electron chi connectivity index (χ2n) is 10.5. The Bertz CT molecular complexity index is 1280. The Kier molecular flexibility index (Phi) is 8.87. The molecule has 2 aromatic heterocycles. The van der Waals surface area contributed by atoms with Gasteiger partial charge in [-0.1, -0.05) is 33.8 Å². The van der Waals surface area contributed by atoms with Gasteiger partial charge in [0.2, 0.25) is 5.91 Å². The van der Waals surface area contributed by atoms with E-state index in [9.17, 15) is 19.5 Å². The number of rotatable bonds is 11. The van der Waals surface area contributed by atoms with Gasteiger partial charge in [0, 0.05) is 29.4 Å². The van der Waals surface area contributed by atoms with Gasteiger partial charge >= 0.3 is 5.97 Å². The van der Waals surface area contributed by atoms with Crippen molar-refractivity contribution >= 4 is 40.2 Å². The minimum absolute atomic E-state index is 0.146. The standard InChI is InChI=1S/C29H38N4O4S/c1-5-20(6-2)33-24-12-11-19(16-22(24)30-26(33)17-21-9-8-14-38-21)27(34)31-23(15-18(3)4)28(35)32-13-7-10-25(32)29(36)37/h8-9,11-12,14,16,18,20,23,25H,5-7,10,13,15,17H2,1-4H3,(H,31,34)(H,36,37). The molecule has 0 saturated carbocycles. The van der Waals surface area contributed by atoms with Crippen LogP contribution < -0.4 is 5.32 Å². The third kappa shape index (κ3) is 5.93. The molecule has 1 aliphatic heterocycles. The van der Waals surface area contributed by atoms with Crippen LogP contribution in [0.2, 0.25) is 0 Å². The molecule has 0 radical (unpaired) electrons. The Morgan fingerprint density at radius 2 is 1.95 bits per heavy atom. The van der Waals surface area contributed by atoms with Crippen molar-refractivity contribution in [2.45, 2.75) is 84.3 Å². The zero-order chi connectivity index (χ0) is 27.4. The third-order valence-corrected chi connectivity index (χ3v) is 8.25. The molecule has 1 saturated heterocycles. The van der Waals surface area contributed by atoms with Crippen molar-refractivity contribution in [3.63, 3.8) is 0 Å². The summed E-state index contributed by atoms with van der Waals surface area (Å²) in [5, 5.41) is 14.5. The number of hydrogen-bond donors (Lipinski definition) is 2. The van der Waals surface area contributed by atoms with Gasteiger partial charge in [-0.25, -0.2) is 9.78 Å². The summed E-state index contributed by atoms with van der Waals surface area (Å²) in [5.41, 5.74) is 2.19. The number of benzene rings is 1. The summed E-state index contributed by atoms with van der Waals surface area (Å²) < 4.78 is 2.31. The van der Waals surface area contributed by atoms with Crippen LogP contribution in [0.1, 0.15) is 86.9 Å². The van der Waals surface area contributed by atoms with Gasteiger partial charge in [-0.05, 0) is 67.7 Å². The van der Waals surface area contributed by atoms with E-state index in [2.05, 4.69) is 35.2 Å². The lowest BCUT2D eigenvalue weighted by molar-refractivity contribution is -0.149. The average molecular weight is 539 g/mol. The van der Waals surface area contributed by atoms with Gasteiger partial charge in [-0.15, -0.1) is 11.3 Å². The van der Waals surface area contributed by atoms with Crippen molar-refractivity contribution in [2.24, 2.45) is 5.92 Å². The highest BCUT2D eigenvalue weighted by molar-refractivity contribution is 7.09. The second-order valence-corrected chi connectivity index (χ2v) is 11.5. The molecule has 9 heteroatoms. The van der Waals surface area contributed by atoms with Gasteiger partial charge in [0.15, 0.2) is 0 Å². The first-order chi connectivity index (χ1) is 18.2. The average Bonchev–Trinajstić information content (AvgIpc) is 3.64. The van der Waals surface area contributed by atoms with E-state index in [0.29, 0.717) is 37.4 Å². The first-order valence-electron chi connectivity index (χ1n) is 13.6. The van der Waals surface area contributed by atoms with Gasteiger partial charge < -0.3 is 19.9 Å². The van der Waals surface area contributed by atoms with Crippen LogP contribution >= 0.6 is 11.3 Å². The van der Waals surface area contributed by atoms with Crippen LogP contribution in [0.3, 0.4) is 0 Å². The molecule has 1 aliphatic rings. The molecular weight excluding hydrogens is 500 g/mol. The topological polar surface area (TPSA) is 105 Å². The number of amides is 2. The smallest absolute Gasteiger partial charge is 0.326 e. The zero-order valence-electron chi connectivity index (χ0n) is 22.6. The summed E-state index contributed by atoms with van der Waals surface area (Å²) in [4.78, 5) is 46.0. The van der Waals surface area contributed by atoms with Crippen LogP contribution in [-0.2, 0) is 16.0 Å². The van der Waals surface area contributed by atoms with Crippen LogP contribution in [0.4, 0.5) is 0 Å². The SMILES string of the molecule is CCC(CC)n1c(Cc2cccs2)nc2cc(C(=O)NC(CC(C)C)C(=O)N3CCCC3C(=O)O)ccc21. The highest BCUT2D eigenvalue weighted by Gasteiger charge is 2.38. The number of imidazole rings is 1. The number of carboxylic acid groups (broad SMARTS) is 1. The molecule has 2 unspecified atom stereocenters. The van der Waals surface area contributed by atoms with E-state index in [1.165, 1.54) is 9.78 Å². The molecule has 1 fully saturated rings. The van der Waals surface area contributed by atoms with Crippen LogP contribution in [-0.4, -0.2) is 56.0 Å². The van der Waals surface area contributed by atoms with Crippen molar-refractivity contribution < 1.29 is 19.5 Å². The highest BCUT2D eigenvalue weighted by atomic mass is 32.1. The van der Waals surface area contributed by atoms with Crippen molar-refractivity contribution in [3.8, 4) is 0 Å². The molecule has 204 valence electrons. The molecule has 8 nitrogen and oxygen atoms in total. The number of carboxylic acids is 1. The van der Waals surface area contributed by atoms with Gasteiger partial charge in [-0.2, -0.15) is 0 Å². The van der Waals surface area contributed by atoms with Crippen LogP contribution in [0.25, 0.3) is 11.0 Å². The maximum atomic E-state index is 13.4. The Morgan fingerprint density at radius 3 is 2.58 bits per heavy atom. The number of carbonyl (C=O) groups is 3. The maximum Gasteiger partial charge on any atom is 0.326 e. The van der Waals surface area contributed by atoms with Gasteiger partial charge in [0.25, 0.3) is 5.91 Å². The summed E-state index contributed by atoms with van der Waals surface area (Å²) in [6.45, 7) is 8.72. The Hall–Kier alpha value is -3.20. The molecule has 2 atom stereocenters. The van der Waals surface area contributed by atoms with E-state index < -0.39 is 18.1 Å². The molecular formula is C29H38N4O4S. The van der Waals surface area contributed by atoms with Crippen molar-refractivity contribution in [1.82, 2.24) is 19.8 Å². The minimum Gasteiger partial charge on any atom is -0.480 e. The number of nitrogens with zero attached hydrogens (tertiary/aromatic N) is 3. The summed E-state index contributed by atoms with van der Waals surface area (Å²) in [6.07, 6.45) is 4.21. The van der Waals surface area contributed by atoms with E-state index in [0.717, 1.165) is 36.1 Å². The Labute approximate surface area is 228 Å². The molecule has 4 rings (SSSR count). The van der Waals surface area contributed by atoms with Crippen LogP contribution in [0.15, 0.2) is 35.7 Å². The molecule has 0 spiro atoms. The van der Waals surface area contributed by atoms with Crippen molar-refractivity contribution in [3.05, 3.63) is 52.0 Å². The summed E-state index contributed by atoms with van der Waals surface area (Å²) >= 11 is 1.71. The third-order valence-electron chi connectivity index (χ3n) is 7.38. The number of aromatic nitrogens is 2. The molecule has 38 heavy (non-hydrogen) atoms. The summed E-state index contributed by atoms with van der Waals surface area (Å²) in [5.74, 6) is -0.547. The fraction of sp³-hybridized carbons (Fsp3) is 0.517. The lowest BCUT2D eigenvalue weighted by atomic mass is 10.0. The molecule has 0 aliphatic carbocycles. The predicted octanol–water partition coefficient (Wildman–Crippen LogP) is 5.27. The number of nitrogens with one attached hydrogen (secondary N) is 1. The lowest BCUT2D eigenvalue weighted by Crippen LogP contribution is -2.52. The van der Waals surface area contributed by atoms with Gasteiger partial charge in [0.05, 0.1) is 11.0 Å². The monoisotopic (exact) mass is 538 g/mol. The summed E-state index contributed by atoms with van der Waals surface area (Å²) in [7, 11) is 0. The van der Waals surface area contributed by atoms with Crippen molar-refractivity contribution in [2.75, 3.05) is 6.54 Å². The molecule has 2 amide bonds. The Balaban J connectivity index is 1.62. The van der Waals surface area contributed by atoms with E-state index in [1.807, 2.05) is 26.0 Å². The van der Waals surface area contributed by atoms with E-state index in [1.54, 1.807) is 23.5 Å². The van der Waals surface area contributed by atoms with Crippen LogP contribution in [0, 0.1) is 5.92 Å². The molecule has 2 N–H and O–H groups in total. The van der Waals surface area contributed by atoms with E-state index >= 15 is 0 Å². The quantitative estimate of drug-likeness (QED) is 0.346. The highest BCUT2D eigenvalue weighted by Crippen LogP contribution is 2.29. The fourth-order valence-electron chi connectivity index (χ4n) is 5.47. The predicted molar refractivity (Wildman–Crippen MR) is 150 cm³/mol. The number of likely N-dealkylation sites (tertiary alicyclic amines) is 1. The number of thiophene rings is 1.